The molecule has 0 aromatic rings. The third-order valence-electron chi connectivity index (χ3n) is 4.11. The van der Waals surface area contributed by atoms with Crippen molar-refractivity contribution in [3.63, 3.8) is 0 Å². The highest BCUT2D eigenvalue weighted by Gasteiger charge is 2.24. The van der Waals surface area contributed by atoms with Gasteiger partial charge in [0.05, 0.1) is 6.10 Å². The summed E-state index contributed by atoms with van der Waals surface area (Å²) in [6, 6.07) is 0. The summed E-state index contributed by atoms with van der Waals surface area (Å²) in [4.78, 5) is 14.1. The van der Waals surface area contributed by atoms with Gasteiger partial charge in [0.1, 0.15) is 0 Å². The van der Waals surface area contributed by atoms with E-state index >= 15 is 0 Å². The normalized spacial score (nSPS) is 28.6. The predicted octanol–water partition coefficient (Wildman–Crippen LogP) is 1.57. The first-order valence-electron chi connectivity index (χ1n) is 7.30. The number of hydrogen-bond acceptors (Lipinski definition) is 3. The van der Waals surface area contributed by atoms with Crippen molar-refractivity contribution in [3.8, 4) is 0 Å². The molecule has 104 valence electrons. The average Bonchev–Trinajstić information content (AvgIpc) is 2.90. The van der Waals surface area contributed by atoms with Crippen LogP contribution in [0.5, 0.6) is 0 Å². The maximum atomic E-state index is 12.1. The molecule has 0 radical (unpaired) electrons. The zero-order valence-corrected chi connectivity index (χ0v) is 11.1. The van der Waals surface area contributed by atoms with Gasteiger partial charge >= 0.3 is 0 Å². The summed E-state index contributed by atoms with van der Waals surface area (Å²) < 4.78 is 5.55. The molecule has 4 heteroatoms. The fraction of sp³-hybridized carbons (Fsp3) is 0.929. The number of nitrogens with zero attached hydrogens (tertiary/aromatic N) is 1. The maximum absolute atomic E-state index is 12.1. The van der Waals surface area contributed by atoms with Crippen LogP contribution in [0.2, 0.25) is 0 Å². The maximum Gasteiger partial charge on any atom is 0.222 e. The second kappa shape index (κ2) is 7.10. The van der Waals surface area contributed by atoms with Crippen LogP contribution >= 0.6 is 0 Å². The molecule has 1 N–H and O–H groups in total. The van der Waals surface area contributed by atoms with Crippen LogP contribution in [0.15, 0.2) is 0 Å². The van der Waals surface area contributed by atoms with E-state index < -0.39 is 0 Å². The summed E-state index contributed by atoms with van der Waals surface area (Å²) in [6.07, 6.45) is 7.12. The average molecular weight is 255 g/mol. The third-order valence-corrected chi connectivity index (χ3v) is 4.11. The zero-order chi connectivity index (χ0) is 12.8. The smallest absolute Gasteiger partial charge is 0.222 e. The second-order valence-corrected chi connectivity index (χ2v) is 5.53. The van der Waals surface area contributed by atoms with Gasteiger partial charge in [-0.2, -0.15) is 0 Å². The summed E-state index contributed by atoms with van der Waals surface area (Å²) in [7, 11) is 0. The molecule has 2 aliphatic rings. The Hall–Kier alpha value is -0.610. The van der Waals surface area contributed by atoms with Crippen LogP contribution < -0.4 is 0 Å². The number of piperidine rings is 1. The van der Waals surface area contributed by atoms with E-state index in [1.165, 1.54) is 0 Å². The number of carbonyl (C=O) groups excluding carboxylic acids is 1. The molecular formula is C14H25NO3. The molecule has 0 aromatic heterocycles. The molecule has 0 spiro atoms. The Balaban J connectivity index is 1.70. The monoisotopic (exact) mass is 255 g/mol. The molecule has 0 aromatic carbocycles. The van der Waals surface area contributed by atoms with Gasteiger partial charge in [-0.3, -0.25) is 4.79 Å². The van der Waals surface area contributed by atoms with E-state index in [-0.39, 0.29) is 12.5 Å². The predicted molar refractivity (Wildman–Crippen MR) is 69.2 cm³/mol. The van der Waals surface area contributed by atoms with Gasteiger partial charge in [-0.15, -0.1) is 0 Å². The van der Waals surface area contributed by atoms with Crippen molar-refractivity contribution >= 4 is 5.91 Å². The molecule has 4 nitrogen and oxygen atoms in total. The fourth-order valence-corrected chi connectivity index (χ4v) is 3.02. The number of rotatable bonds is 5. The van der Waals surface area contributed by atoms with Crippen LogP contribution in [0.4, 0.5) is 0 Å². The van der Waals surface area contributed by atoms with Gasteiger partial charge < -0.3 is 14.7 Å². The van der Waals surface area contributed by atoms with Gasteiger partial charge in [0, 0.05) is 32.7 Å². The number of ether oxygens (including phenoxy) is 1. The summed E-state index contributed by atoms with van der Waals surface area (Å²) in [6.45, 7) is 2.83. The van der Waals surface area contributed by atoms with Crippen molar-refractivity contribution in [1.82, 2.24) is 4.90 Å². The lowest BCUT2D eigenvalue weighted by Crippen LogP contribution is -2.40. The summed E-state index contributed by atoms with van der Waals surface area (Å²) in [5.41, 5.74) is 0. The van der Waals surface area contributed by atoms with Crippen LogP contribution in [0, 0.1) is 5.92 Å². The summed E-state index contributed by atoms with van der Waals surface area (Å²) in [5.74, 6) is 0.767. The molecule has 0 bridgehead atoms. The van der Waals surface area contributed by atoms with Crippen LogP contribution in [-0.2, 0) is 9.53 Å². The topological polar surface area (TPSA) is 49.8 Å². The van der Waals surface area contributed by atoms with Crippen molar-refractivity contribution in [2.75, 3.05) is 26.3 Å². The SMILES string of the molecule is O=C(CCC1CCCO1)N1CCCC(CCO)C1. The lowest BCUT2D eigenvalue weighted by molar-refractivity contribution is -0.133. The van der Waals surface area contributed by atoms with Gasteiger partial charge in [0.25, 0.3) is 0 Å². The third kappa shape index (κ3) is 3.95. The van der Waals surface area contributed by atoms with Gasteiger partial charge in [-0.25, -0.2) is 0 Å². The van der Waals surface area contributed by atoms with E-state index in [1.54, 1.807) is 0 Å². The molecule has 1 amide bonds. The quantitative estimate of drug-likeness (QED) is 0.811. The molecule has 2 aliphatic heterocycles. The Morgan fingerprint density at radius 2 is 2.17 bits per heavy atom. The van der Waals surface area contributed by atoms with Crippen molar-refractivity contribution in [1.29, 1.82) is 0 Å². The molecule has 0 aliphatic carbocycles. The first-order valence-corrected chi connectivity index (χ1v) is 7.30. The standard InChI is InChI=1S/C14H25NO3/c16-9-7-12-3-1-8-15(11-12)14(17)6-5-13-4-2-10-18-13/h12-13,16H,1-11H2. The van der Waals surface area contributed by atoms with E-state index in [9.17, 15) is 4.79 Å². The molecule has 2 saturated heterocycles. The number of aliphatic hydroxyl groups is 1. The van der Waals surface area contributed by atoms with Gasteiger partial charge in [0.15, 0.2) is 0 Å². The first-order chi connectivity index (χ1) is 8.79. The molecule has 2 heterocycles. The van der Waals surface area contributed by atoms with Gasteiger partial charge in [0.2, 0.25) is 5.91 Å². The molecule has 2 fully saturated rings. The van der Waals surface area contributed by atoms with Gasteiger partial charge in [-0.1, -0.05) is 0 Å². The van der Waals surface area contributed by atoms with E-state index in [4.69, 9.17) is 9.84 Å². The Bertz CT molecular complexity index is 262. The molecular weight excluding hydrogens is 230 g/mol. The van der Waals surface area contributed by atoms with Crippen LogP contribution in [0.25, 0.3) is 0 Å². The highest BCUT2D eigenvalue weighted by Crippen LogP contribution is 2.22. The molecule has 2 rings (SSSR count). The number of amides is 1. The minimum atomic E-state index is 0.239. The fourth-order valence-electron chi connectivity index (χ4n) is 3.02. The van der Waals surface area contributed by atoms with Crippen LogP contribution in [0.3, 0.4) is 0 Å². The highest BCUT2D eigenvalue weighted by molar-refractivity contribution is 5.76. The van der Waals surface area contributed by atoms with E-state index in [0.29, 0.717) is 18.4 Å². The Morgan fingerprint density at radius 1 is 1.28 bits per heavy atom. The molecule has 2 unspecified atom stereocenters. The Kier molecular flexibility index (Phi) is 5.45. The van der Waals surface area contributed by atoms with Crippen molar-refractivity contribution in [2.45, 2.75) is 51.0 Å². The second-order valence-electron chi connectivity index (χ2n) is 5.53. The van der Waals surface area contributed by atoms with Crippen molar-refractivity contribution < 1.29 is 14.6 Å². The van der Waals surface area contributed by atoms with E-state index in [1.807, 2.05) is 4.90 Å². The number of hydrogen-bond donors (Lipinski definition) is 1. The van der Waals surface area contributed by atoms with Crippen LogP contribution in [0.1, 0.15) is 44.9 Å². The summed E-state index contributed by atoms with van der Waals surface area (Å²) in [5, 5.41) is 8.97. The number of aliphatic hydroxyl groups excluding tert-OH is 1. The van der Waals surface area contributed by atoms with E-state index in [0.717, 1.165) is 58.2 Å². The lowest BCUT2D eigenvalue weighted by atomic mass is 9.95. The zero-order valence-electron chi connectivity index (χ0n) is 11.1. The Morgan fingerprint density at radius 3 is 2.89 bits per heavy atom. The van der Waals surface area contributed by atoms with Crippen molar-refractivity contribution in [3.05, 3.63) is 0 Å². The summed E-state index contributed by atoms with van der Waals surface area (Å²) >= 11 is 0. The largest absolute Gasteiger partial charge is 0.396 e. The number of likely N-dealkylation sites (tertiary alicyclic amines) is 1. The Labute approximate surface area is 109 Å². The minimum Gasteiger partial charge on any atom is -0.396 e. The molecule has 0 saturated carbocycles. The van der Waals surface area contributed by atoms with E-state index in [2.05, 4.69) is 0 Å². The van der Waals surface area contributed by atoms with Gasteiger partial charge in [-0.05, 0) is 44.4 Å². The van der Waals surface area contributed by atoms with Crippen LogP contribution in [-0.4, -0.2) is 48.3 Å². The highest BCUT2D eigenvalue weighted by atomic mass is 16.5. The molecule has 18 heavy (non-hydrogen) atoms. The lowest BCUT2D eigenvalue weighted by Gasteiger charge is -2.32. The number of carbonyl (C=O) groups is 1. The van der Waals surface area contributed by atoms with Crippen molar-refractivity contribution in [2.24, 2.45) is 5.92 Å². The molecule has 2 atom stereocenters. The minimum absolute atomic E-state index is 0.239. The first kappa shape index (κ1) is 13.8.